The lowest BCUT2D eigenvalue weighted by Gasteiger charge is -2.45. The monoisotopic (exact) mass is 384 g/mol. The number of aromatic hydroxyl groups is 1. The molecule has 4 rings (SSSR count). The third-order valence-corrected chi connectivity index (χ3v) is 6.66. The summed E-state index contributed by atoms with van der Waals surface area (Å²) >= 11 is 0. The fourth-order valence-corrected chi connectivity index (χ4v) is 5.31. The lowest BCUT2D eigenvalue weighted by Crippen LogP contribution is -2.50. The lowest BCUT2D eigenvalue weighted by atomic mass is 9.83. The lowest BCUT2D eigenvalue weighted by molar-refractivity contribution is 0.0434. The Labute approximate surface area is 166 Å². The molecule has 0 saturated carbocycles. The summed E-state index contributed by atoms with van der Waals surface area (Å²) in [7, 11) is 2.11. The Kier molecular flexibility index (Phi) is 5.74. The van der Waals surface area contributed by atoms with E-state index in [1.54, 1.807) is 12.1 Å². The molecule has 2 aromatic rings. The molecule has 5 heteroatoms. The smallest absolute Gasteiger partial charge is 0.336 e. The van der Waals surface area contributed by atoms with Gasteiger partial charge >= 0.3 is 5.63 Å². The first-order chi connectivity index (χ1) is 13.6. The van der Waals surface area contributed by atoms with Crippen molar-refractivity contribution >= 4 is 11.0 Å². The van der Waals surface area contributed by atoms with Crippen LogP contribution in [0.2, 0.25) is 0 Å². The molecule has 2 saturated heterocycles. The summed E-state index contributed by atoms with van der Waals surface area (Å²) in [6, 6.07) is 5.85. The zero-order chi connectivity index (χ0) is 19.7. The zero-order valence-electron chi connectivity index (χ0n) is 17.1. The van der Waals surface area contributed by atoms with E-state index < -0.39 is 0 Å². The summed E-state index contributed by atoms with van der Waals surface area (Å²) in [6.45, 7) is 6.13. The minimum atomic E-state index is -0.344. The van der Waals surface area contributed by atoms with E-state index >= 15 is 0 Å². The number of phenolic OH excluding ortho intramolecular Hbond substituents is 1. The van der Waals surface area contributed by atoms with Crippen LogP contribution in [0.15, 0.2) is 27.4 Å². The Morgan fingerprint density at radius 1 is 1.21 bits per heavy atom. The standard InChI is InChI=1S/C23H32N2O3/c1-3-16-13-22(27)28-23-18(16)9-10-21(26)19(23)15-24(2)14-17-7-6-12-25-11-5-4-8-20(17)25/h9-10,13,17,20,26H,3-8,11-12,14-15H2,1-2H3/t17-,20+/m0/s1. The van der Waals surface area contributed by atoms with Gasteiger partial charge in [-0.15, -0.1) is 0 Å². The van der Waals surface area contributed by atoms with Gasteiger partial charge in [0.1, 0.15) is 11.3 Å². The zero-order valence-corrected chi connectivity index (χ0v) is 17.1. The highest BCUT2D eigenvalue weighted by Gasteiger charge is 2.33. The molecule has 0 aliphatic carbocycles. The van der Waals surface area contributed by atoms with Crippen LogP contribution in [0.4, 0.5) is 0 Å². The number of rotatable bonds is 5. The van der Waals surface area contributed by atoms with Gasteiger partial charge in [0.25, 0.3) is 0 Å². The molecule has 2 aliphatic heterocycles. The van der Waals surface area contributed by atoms with Crippen molar-refractivity contribution in [3.8, 4) is 5.75 Å². The number of hydrogen-bond acceptors (Lipinski definition) is 5. The highest BCUT2D eigenvalue weighted by molar-refractivity contribution is 5.85. The summed E-state index contributed by atoms with van der Waals surface area (Å²) in [5.41, 5.74) is 1.90. The maximum atomic E-state index is 12.0. The SMILES string of the molecule is CCc1cc(=O)oc2c(CN(C)C[C@@H]3CCCN4CCCC[C@H]34)c(O)ccc12. The fraction of sp³-hybridized carbons (Fsp3) is 0.609. The number of aryl methyl sites for hydroxylation is 1. The van der Waals surface area contributed by atoms with Crippen molar-refractivity contribution in [2.45, 2.75) is 58.0 Å². The first kappa shape index (κ1) is 19.5. The molecule has 5 nitrogen and oxygen atoms in total. The summed E-state index contributed by atoms with van der Waals surface area (Å²) in [6.07, 6.45) is 7.32. The summed E-state index contributed by atoms with van der Waals surface area (Å²) in [5, 5.41) is 11.4. The first-order valence-corrected chi connectivity index (χ1v) is 10.8. The Bertz CT molecular complexity index is 889. The predicted molar refractivity (Wildman–Crippen MR) is 112 cm³/mol. The molecule has 1 aromatic carbocycles. The van der Waals surface area contributed by atoms with Crippen LogP contribution in [0.3, 0.4) is 0 Å². The molecule has 1 N–H and O–H groups in total. The van der Waals surface area contributed by atoms with Crippen LogP contribution in [0.25, 0.3) is 11.0 Å². The van der Waals surface area contributed by atoms with Gasteiger partial charge in [-0.25, -0.2) is 4.79 Å². The van der Waals surface area contributed by atoms with E-state index in [2.05, 4.69) is 16.8 Å². The second kappa shape index (κ2) is 8.26. The maximum absolute atomic E-state index is 12.0. The topological polar surface area (TPSA) is 56.9 Å². The van der Waals surface area contributed by atoms with Crippen LogP contribution in [-0.4, -0.2) is 47.6 Å². The fourth-order valence-electron chi connectivity index (χ4n) is 5.31. The van der Waals surface area contributed by atoms with Gasteiger partial charge in [0, 0.05) is 30.6 Å². The third kappa shape index (κ3) is 3.83. The minimum Gasteiger partial charge on any atom is -0.507 e. The van der Waals surface area contributed by atoms with Crippen molar-refractivity contribution < 1.29 is 9.52 Å². The molecule has 2 aliphatic rings. The molecule has 2 fully saturated rings. The molecule has 0 bridgehead atoms. The molecule has 2 atom stereocenters. The Balaban J connectivity index is 1.56. The average Bonchev–Trinajstić information content (AvgIpc) is 2.70. The van der Waals surface area contributed by atoms with E-state index in [-0.39, 0.29) is 11.4 Å². The van der Waals surface area contributed by atoms with Gasteiger partial charge in [-0.2, -0.15) is 0 Å². The van der Waals surface area contributed by atoms with Crippen molar-refractivity contribution in [2.24, 2.45) is 5.92 Å². The van der Waals surface area contributed by atoms with Crippen LogP contribution in [0.1, 0.15) is 50.2 Å². The quantitative estimate of drug-likeness (QED) is 0.796. The molecule has 1 aromatic heterocycles. The first-order valence-electron chi connectivity index (χ1n) is 10.8. The van der Waals surface area contributed by atoms with E-state index in [4.69, 9.17) is 4.42 Å². The molecular formula is C23H32N2O3. The highest BCUT2D eigenvalue weighted by Crippen LogP contribution is 2.33. The van der Waals surface area contributed by atoms with Crippen LogP contribution in [-0.2, 0) is 13.0 Å². The second-order valence-corrected chi connectivity index (χ2v) is 8.58. The van der Waals surface area contributed by atoms with Gasteiger partial charge in [-0.3, -0.25) is 0 Å². The second-order valence-electron chi connectivity index (χ2n) is 8.58. The van der Waals surface area contributed by atoms with Crippen molar-refractivity contribution in [1.82, 2.24) is 9.80 Å². The van der Waals surface area contributed by atoms with Gasteiger partial charge in [0.15, 0.2) is 0 Å². The Morgan fingerprint density at radius 3 is 2.86 bits per heavy atom. The largest absolute Gasteiger partial charge is 0.507 e. The number of fused-ring (bicyclic) bond motifs is 2. The van der Waals surface area contributed by atoms with Crippen LogP contribution in [0.5, 0.6) is 5.75 Å². The number of piperidine rings is 2. The van der Waals surface area contributed by atoms with Gasteiger partial charge in [-0.1, -0.05) is 13.3 Å². The van der Waals surface area contributed by atoms with E-state index in [1.807, 2.05) is 13.0 Å². The van der Waals surface area contributed by atoms with Gasteiger partial charge in [0.05, 0.1) is 5.56 Å². The number of phenols is 1. The van der Waals surface area contributed by atoms with Crippen molar-refractivity contribution in [3.05, 3.63) is 39.7 Å². The van der Waals surface area contributed by atoms with Gasteiger partial charge in [0.2, 0.25) is 0 Å². The predicted octanol–water partition coefficient (Wildman–Crippen LogP) is 3.76. The maximum Gasteiger partial charge on any atom is 0.336 e. The molecule has 0 spiro atoms. The molecule has 152 valence electrons. The number of nitrogens with zero attached hydrogens (tertiary/aromatic N) is 2. The van der Waals surface area contributed by atoms with Crippen molar-refractivity contribution in [2.75, 3.05) is 26.7 Å². The molecule has 0 radical (unpaired) electrons. The van der Waals surface area contributed by atoms with E-state index in [9.17, 15) is 9.90 Å². The van der Waals surface area contributed by atoms with Gasteiger partial charge < -0.3 is 19.3 Å². The van der Waals surface area contributed by atoms with Crippen LogP contribution >= 0.6 is 0 Å². The molecule has 28 heavy (non-hydrogen) atoms. The number of hydrogen-bond donors (Lipinski definition) is 1. The average molecular weight is 385 g/mol. The third-order valence-electron chi connectivity index (χ3n) is 6.66. The summed E-state index contributed by atoms with van der Waals surface area (Å²) in [4.78, 5) is 17.0. The van der Waals surface area contributed by atoms with E-state index in [0.717, 1.165) is 29.5 Å². The summed E-state index contributed by atoms with van der Waals surface area (Å²) in [5.74, 6) is 0.882. The van der Waals surface area contributed by atoms with E-state index in [0.29, 0.717) is 24.1 Å². The van der Waals surface area contributed by atoms with Crippen LogP contribution in [0, 0.1) is 5.92 Å². The molecular weight excluding hydrogens is 352 g/mol. The molecule has 0 unspecified atom stereocenters. The summed E-state index contributed by atoms with van der Waals surface area (Å²) < 4.78 is 5.54. The normalized spacial score (nSPS) is 23.2. The highest BCUT2D eigenvalue weighted by atomic mass is 16.4. The Hall–Kier alpha value is -1.85. The van der Waals surface area contributed by atoms with Crippen LogP contribution < -0.4 is 5.63 Å². The minimum absolute atomic E-state index is 0.207. The van der Waals surface area contributed by atoms with Crippen molar-refractivity contribution in [1.29, 1.82) is 0 Å². The van der Waals surface area contributed by atoms with E-state index in [1.165, 1.54) is 45.2 Å². The Morgan fingerprint density at radius 2 is 2.04 bits per heavy atom. The van der Waals surface area contributed by atoms with Crippen molar-refractivity contribution in [3.63, 3.8) is 0 Å². The van der Waals surface area contributed by atoms with Gasteiger partial charge in [-0.05, 0) is 75.9 Å². The number of benzene rings is 1. The molecule has 3 heterocycles. The molecule has 0 amide bonds.